The quantitative estimate of drug-likeness (QED) is 0.117. The van der Waals surface area contributed by atoms with Gasteiger partial charge in [0.25, 0.3) is 5.69 Å². The van der Waals surface area contributed by atoms with Crippen LogP contribution in [0.1, 0.15) is 28.4 Å². The van der Waals surface area contributed by atoms with Crippen LogP contribution in [0.3, 0.4) is 0 Å². The van der Waals surface area contributed by atoms with Gasteiger partial charge < -0.3 is 14.8 Å². The lowest BCUT2D eigenvalue weighted by atomic mass is 10.1. The van der Waals surface area contributed by atoms with Gasteiger partial charge in [-0.2, -0.15) is 5.10 Å². The number of nitro benzene ring substituents is 1. The van der Waals surface area contributed by atoms with Crippen molar-refractivity contribution in [2.75, 3.05) is 12.4 Å². The Morgan fingerprint density at radius 2 is 1.62 bits per heavy atom. The molecule has 0 atom stereocenters. The van der Waals surface area contributed by atoms with Crippen LogP contribution in [-0.2, 0) is 9.59 Å². The minimum absolute atomic E-state index is 0.0996. The molecule has 0 heterocycles. The molecule has 2 amide bonds. The van der Waals surface area contributed by atoms with Gasteiger partial charge in [0.15, 0.2) is 11.5 Å². The van der Waals surface area contributed by atoms with E-state index in [0.717, 1.165) is 5.56 Å². The largest absolute Gasteiger partial charge is 0.493 e. The summed E-state index contributed by atoms with van der Waals surface area (Å²) in [6, 6.07) is 14.4. The van der Waals surface area contributed by atoms with E-state index in [1.807, 2.05) is 6.92 Å². The van der Waals surface area contributed by atoms with Crippen molar-refractivity contribution in [2.24, 2.45) is 5.10 Å². The van der Waals surface area contributed by atoms with Crippen LogP contribution in [-0.4, -0.2) is 35.5 Å². The van der Waals surface area contributed by atoms with Crippen molar-refractivity contribution in [3.8, 4) is 11.5 Å². The molecule has 0 saturated heterocycles. The Kier molecular flexibility index (Phi) is 8.54. The number of hydrazone groups is 1. The number of ether oxygens (including phenoxy) is 2. The molecule has 0 fully saturated rings. The first kappa shape index (κ1) is 26.8. The summed E-state index contributed by atoms with van der Waals surface area (Å²) >= 11 is 6.02. The summed E-state index contributed by atoms with van der Waals surface area (Å²) in [5.41, 5.74) is 4.17. The summed E-state index contributed by atoms with van der Waals surface area (Å²) in [5.74, 6) is -2.36. The molecule has 0 saturated carbocycles. The minimum atomic E-state index is -0.989. The van der Waals surface area contributed by atoms with Crippen molar-refractivity contribution in [1.82, 2.24) is 5.43 Å². The summed E-state index contributed by atoms with van der Waals surface area (Å²) in [6.07, 6.45) is 0. The number of methoxy groups -OCH3 is 1. The third-order valence-corrected chi connectivity index (χ3v) is 5.47. The SMILES string of the molecule is COc1cc(/C(C)=N/NC(=O)C(=O)Nc2ccc(C)c(Cl)c2)ccc1OC(=O)c1ccc([N+](=O)[O-])cc1. The number of aryl methyl sites for hydroxylation is 1. The average molecular weight is 525 g/mol. The number of nitrogens with one attached hydrogen (secondary N) is 2. The number of hydrogen-bond donors (Lipinski definition) is 2. The number of nitro groups is 1. The van der Waals surface area contributed by atoms with E-state index in [-0.39, 0.29) is 22.7 Å². The fourth-order valence-electron chi connectivity index (χ4n) is 2.96. The summed E-state index contributed by atoms with van der Waals surface area (Å²) in [5, 5.41) is 17.6. The smallest absolute Gasteiger partial charge is 0.343 e. The van der Waals surface area contributed by atoms with Gasteiger partial charge in [-0.25, -0.2) is 10.2 Å². The second-order valence-corrected chi connectivity index (χ2v) is 8.02. The molecule has 0 aliphatic carbocycles. The number of esters is 1. The van der Waals surface area contributed by atoms with Crippen LogP contribution in [0.4, 0.5) is 11.4 Å². The Labute approximate surface area is 216 Å². The molecule has 0 unspecified atom stereocenters. The second-order valence-electron chi connectivity index (χ2n) is 7.62. The van der Waals surface area contributed by atoms with Crippen LogP contribution in [0, 0.1) is 17.0 Å². The van der Waals surface area contributed by atoms with Gasteiger partial charge in [0.2, 0.25) is 0 Å². The Morgan fingerprint density at radius 3 is 2.24 bits per heavy atom. The number of non-ortho nitro benzene ring substituents is 1. The Balaban J connectivity index is 1.66. The number of halogens is 1. The summed E-state index contributed by atoms with van der Waals surface area (Å²) in [7, 11) is 1.37. The lowest BCUT2D eigenvalue weighted by molar-refractivity contribution is -0.384. The number of amides is 2. The van der Waals surface area contributed by atoms with Crippen LogP contribution >= 0.6 is 11.6 Å². The second kappa shape index (κ2) is 11.8. The highest BCUT2D eigenvalue weighted by molar-refractivity contribution is 6.40. The molecule has 3 aromatic rings. The Morgan fingerprint density at radius 1 is 0.946 bits per heavy atom. The fraction of sp³-hybridized carbons (Fsp3) is 0.120. The molecule has 0 aliphatic heterocycles. The van der Waals surface area contributed by atoms with E-state index in [4.69, 9.17) is 21.1 Å². The molecule has 11 nitrogen and oxygen atoms in total. The summed E-state index contributed by atoms with van der Waals surface area (Å²) < 4.78 is 10.6. The first-order chi connectivity index (χ1) is 17.6. The van der Waals surface area contributed by atoms with Crippen LogP contribution < -0.4 is 20.2 Å². The van der Waals surface area contributed by atoms with Crippen molar-refractivity contribution in [3.05, 3.63) is 92.5 Å². The number of rotatable bonds is 7. The topological polar surface area (TPSA) is 149 Å². The van der Waals surface area contributed by atoms with E-state index in [9.17, 15) is 24.5 Å². The molecule has 37 heavy (non-hydrogen) atoms. The van der Waals surface area contributed by atoms with Crippen LogP contribution in [0.25, 0.3) is 0 Å². The van der Waals surface area contributed by atoms with Crippen molar-refractivity contribution in [1.29, 1.82) is 0 Å². The monoisotopic (exact) mass is 524 g/mol. The number of carbonyl (C=O) groups excluding carboxylic acids is 3. The van der Waals surface area contributed by atoms with Gasteiger partial charge in [-0.1, -0.05) is 17.7 Å². The molecular weight excluding hydrogens is 504 g/mol. The number of benzene rings is 3. The van der Waals surface area contributed by atoms with E-state index in [0.29, 0.717) is 22.0 Å². The zero-order chi connectivity index (χ0) is 27.1. The highest BCUT2D eigenvalue weighted by Crippen LogP contribution is 2.29. The zero-order valence-corrected chi connectivity index (χ0v) is 20.7. The summed E-state index contributed by atoms with van der Waals surface area (Å²) in [6.45, 7) is 3.40. The van der Waals surface area contributed by atoms with Gasteiger partial charge >= 0.3 is 17.8 Å². The number of nitrogens with zero attached hydrogens (tertiary/aromatic N) is 2. The molecule has 3 aromatic carbocycles. The van der Waals surface area contributed by atoms with Crippen molar-refractivity contribution in [2.45, 2.75) is 13.8 Å². The number of anilines is 1. The molecule has 3 rings (SSSR count). The van der Waals surface area contributed by atoms with Crippen molar-refractivity contribution in [3.63, 3.8) is 0 Å². The van der Waals surface area contributed by atoms with E-state index in [2.05, 4.69) is 15.8 Å². The third-order valence-electron chi connectivity index (χ3n) is 5.06. The maximum Gasteiger partial charge on any atom is 0.343 e. The van der Waals surface area contributed by atoms with Gasteiger partial charge in [0.05, 0.1) is 23.3 Å². The molecule has 0 spiro atoms. The standard InChI is InChI=1S/C25H21ClN4O7/c1-14-4-8-18(13-20(14)26)27-23(31)24(32)29-28-15(2)17-7-11-21(22(12-17)36-3)37-25(33)16-5-9-19(10-6-16)30(34)35/h4-13H,1-3H3,(H,27,31)(H,29,32)/b28-15+. The predicted molar refractivity (Wildman–Crippen MR) is 136 cm³/mol. The molecule has 0 aliphatic rings. The Bertz CT molecular complexity index is 1400. The van der Waals surface area contributed by atoms with Crippen LogP contribution in [0.2, 0.25) is 5.02 Å². The number of hydrogen-bond acceptors (Lipinski definition) is 8. The third kappa shape index (κ3) is 6.89. The first-order valence-corrected chi connectivity index (χ1v) is 11.0. The maximum atomic E-state index is 12.4. The van der Waals surface area contributed by atoms with Gasteiger partial charge in [0, 0.05) is 28.4 Å². The molecule has 190 valence electrons. The van der Waals surface area contributed by atoms with Crippen molar-refractivity contribution >= 4 is 46.5 Å². The minimum Gasteiger partial charge on any atom is -0.493 e. The van der Waals surface area contributed by atoms with E-state index in [1.165, 1.54) is 49.6 Å². The average Bonchev–Trinajstić information content (AvgIpc) is 2.89. The molecule has 0 aromatic heterocycles. The lowest BCUT2D eigenvalue weighted by Gasteiger charge is -2.11. The van der Waals surface area contributed by atoms with Gasteiger partial charge in [-0.3, -0.25) is 19.7 Å². The molecular formula is C25H21ClN4O7. The maximum absolute atomic E-state index is 12.4. The van der Waals surface area contributed by atoms with Gasteiger partial charge in [-0.05, 0) is 61.9 Å². The first-order valence-electron chi connectivity index (χ1n) is 10.7. The van der Waals surface area contributed by atoms with Crippen LogP contribution in [0.5, 0.6) is 11.5 Å². The lowest BCUT2D eigenvalue weighted by Crippen LogP contribution is -2.32. The highest BCUT2D eigenvalue weighted by atomic mass is 35.5. The van der Waals surface area contributed by atoms with Crippen LogP contribution in [0.15, 0.2) is 65.8 Å². The van der Waals surface area contributed by atoms with Gasteiger partial charge in [0.1, 0.15) is 0 Å². The molecule has 0 bridgehead atoms. The molecule has 12 heteroatoms. The van der Waals surface area contributed by atoms with E-state index in [1.54, 1.807) is 25.1 Å². The van der Waals surface area contributed by atoms with Crippen molar-refractivity contribution < 1.29 is 28.8 Å². The highest BCUT2D eigenvalue weighted by Gasteiger charge is 2.17. The summed E-state index contributed by atoms with van der Waals surface area (Å²) in [4.78, 5) is 46.9. The Hall–Kier alpha value is -4.77. The van der Waals surface area contributed by atoms with Gasteiger partial charge in [-0.15, -0.1) is 0 Å². The normalized spacial score (nSPS) is 10.9. The zero-order valence-electron chi connectivity index (χ0n) is 19.9. The fourth-order valence-corrected chi connectivity index (χ4v) is 3.14. The molecule has 2 N–H and O–H groups in total. The van der Waals surface area contributed by atoms with E-state index < -0.39 is 22.7 Å². The van der Waals surface area contributed by atoms with E-state index >= 15 is 0 Å². The number of carbonyl (C=O) groups is 3. The predicted octanol–water partition coefficient (Wildman–Crippen LogP) is 4.26. The molecule has 0 radical (unpaired) electrons.